The average Bonchev–Trinajstić information content (AvgIpc) is 2.87. The standard InChI is InChI=1S/C16H21N3OS/c1-11-6-7-13(12(2)9-11)14-10-21-16(18-14)19-15(20)5-4-8-17-3/h6-7,9-10,17H,4-5,8H2,1-3H3,(H,18,19,20). The number of nitrogens with zero attached hydrogens (tertiary/aromatic N) is 1. The van der Waals surface area contributed by atoms with Crippen LogP contribution in [-0.2, 0) is 4.79 Å². The fourth-order valence-corrected chi connectivity index (χ4v) is 2.89. The Balaban J connectivity index is 2.02. The maximum Gasteiger partial charge on any atom is 0.226 e. The van der Waals surface area contributed by atoms with Crippen molar-refractivity contribution in [3.8, 4) is 11.3 Å². The fraction of sp³-hybridized carbons (Fsp3) is 0.375. The molecule has 0 aliphatic heterocycles. The Hall–Kier alpha value is -1.72. The Labute approximate surface area is 129 Å². The maximum absolute atomic E-state index is 11.8. The number of amides is 1. The first kappa shape index (κ1) is 15.7. The minimum absolute atomic E-state index is 0.0202. The van der Waals surface area contributed by atoms with Crippen LogP contribution in [0.2, 0.25) is 0 Å². The molecule has 1 heterocycles. The van der Waals surface area contributed by atoms with Crippen molar-refractivity contribution < 1.29 is 4.79 Å². The summed E-state index contributed by atoms with van der Waals surface area (Å²) in [6.07, 6.45) is 1.34. The summed E-state index contributed by atoms with van der Waals surface area (Å²) in [6.45, 7) is 5.01. The van der Waals surface area contributed by atoms with E-state index in [0.717, 1.165) is 24.2 Å². The monoisotopic (exact) mass is 303 g/mol. The number of thiazole rings is 1. The molecule has 1 amide bonds. The third-order valence-corrected chi connectivity index (χ3v) is 4.00. The number of anilines is 1. The Bertz CT molecular complexity index is 622. The van der Waals surface area contributed by atoms with Gasteiger partial charge in [0.25, 0.3) is 0 Å². The Morgan fingerprint density at radius 3 is 2.86 bits per heavy atom. The van der Waals surface area contributed by atoms with Crippen LogP contribution in [0.4, 0.5) is 5.13 Å². The smallest absolute Gasteiger partial charge is 0.226 e. The second-order valence-corrected chi connectivity index (χ2v) is 5.97. The van der Waals surface area contributed by atoms with E-state index in [-0.39, 0.29) is 5.91 Å². The van der Waals surface area contributed by atoms with Gasteiger partial charge in [-0.3, -0.25) is 4.79 Å². The summed E-state index contributed by atoms with van der Waals surface area (Å²) >= 11 is 1.47. The number of hydrogen-bond acceptors (Lipinski definition) is 4. The van der Waals surface area contributed by atoms with Gasteiger partial charge in [-0.2, -0.15) is 0 Å². The number of carbonyl (C=O) groups is 1. The first-order chi connectivity index (χ1) is 10.1. The molecule has 0 atom stereocenters. The molecule has 0 aliphatic rings. The molecule has 21 heavy (non-hydrogen) atoms. The third-order valence-electron chi connectivity index (χ3n) is 3.24. The molecule has 1 aromatic heterocycles. The van der Waals surface area contributed by atoms with Gasteiger partial charge in [0.15, 0.2) is 5.13 Å². The van der Waals surface area contributed by atoms with Gasteiger partial charge in [0, 0.05) is 17.4 Å². The van der Waals surface area contributed by atoms with Crippen LogP contribution in [0.1, 0.15) is 24.0 Å². The number of rotatable bonds is 6. The summed E-state index contributed by atoms with van der Waals surface area (Å²) in [4.78, 5) is 16.3. The molecule has 0 saturated heterocycles. The molecule has 0 saturated carbocycles. The number of aryl methyl sites for hydroxylation is 2. The summed E-state index contributed by atoms with van der Waals surface area (Å²) in [5.41, 5.74) is 4.48. The average molecular weight is 303 g/mol. The van der Waals surface area contributed by atoms with Crippen LogP contribution in [0.15, 0.2) is 23.6 Å². The van der Waals surface area contributed by atoms with Gasteiger partial charge in [-0.1, -0.05) is 23.8 Å². The molecule has 0 spiro atoms. The van der Waals surface area contributed by atoms with Gasteiger partial charge in [0.2, 0.25) is 5.91 Å². The summed E-state index contributed by atoms with van der Waals surface area (Å²) in [7, 11) is 1.88. The van der Waals surface area contributed by atoms with Gasteiger partial charge in [-0.25, -0.2) is 4.98 Å². The molecule has 0 radical (unpaired) electrons. The molecule has 0 fully saturated rings. The molecule has 0 bridgehead atoms. The Morgan fingerprint density at radius 2 is 2.14 bits per heavy atom. The Morgan fingerprint density at radius 1 is 1.33 bits per heavy atom. The molecule has 2 N–H and O–H groups in total. The van der Waals surface area contributed by atoms with Gasteiger partial charge < -0.3 is 10.6 Å². The van der Waals surface area contributed by atoms with Crippen molar-refractivity contribution >= 4 is 22.4 Å². The van der Waals surface area contributed by atoms with E-state index in [4.69, 9.17) is 0 Å². The van der Waals surface area contributed by atoms with E-state index in [1.165, 1.54) is 22.5 Å². The number of nitrogens with one attached hydrogen (secondary N) is 2. The predicted octanol–water partition coefficient (Wildman–Crippen LogP) is 3.37. The SMILES string of the molecule is CNCCCC(=O)Nc1nc(-c2ccc(C)cc2C)cs1. The van der Waals surface area contributed by atoms with Crippen LogP contribution >= 0.6 is 11.3 Å². The molecule has 5 heteroatoms. The Kier molecular flexibility index (Phi) is 5.47. The van der Waals surface area contributed by atoms with Crippen LogP contribution in [0.5, 0.6) is 0 Å². The van der Waals surface area contributed by atoms with E-state index >= 15 is 0 Å². The van der Waals surface area contributed by atoms with Gasteiger partial charge in [-0.05, 0) is 39.4 Å². The number of aromatic nitrogens is 1. The molecule has 112 valence electrons. The molecule has 1 aromatic carbocycles. The van der Waals surface area contributed by atoms with E-state index in [1.54, 1.807) is 0 Å². The molecule has 2 rings (SSSR count). The molecule has 0 unspecified atom stereocenters. The van der Waals surface area contributed by atoms with Gasteiger partial charge in [-0.15, -0.1) is 11.3 Å². The van der Waals surface area contributed by atoms with Crippen LogP contribution in [0, 0.1) is 13.8 Å². The van der Waals surface area contributed by atoms with Crippen LogP contribution in [-0.4, -0.2) is 24.5 Å². The lowest BCUT2D eigenvalue weighted by molar-refractivity contribution is -0.116. The van der Waals surface area contributed by atoms with E-state index in [0.29, 0.717) is 11.6 Å². The van der Waals surface area contributed by atoms with E-state index in [9.17, 15) is 4.79 Å². The minimum Gasteiger partial charge on any atom is -0.320 e. The largest absolute Gasteiger partial charge is 0.320 e. The van der Waals surface area contributed by atoms with Crippen LogP contribution in [0.25, 0.3) is 11.3 Å². The van der Waals surface area contributed by atoms with Gasteiger partial charge >= 0.3 is 0 Å². The van der Waals surface area contributed by atoms with Crippen molar-refractivity contribution in [1.82, 2.24) is 10.3 Å². The maximum atomic E-state index is 11.8. The number of benzene rings is 1. The lowest BCUT2D eigenvalue weighted by Gasteiger charge is -2.04. The highest BCUT2D eigenvalue weighted by molar-refractivity contribution is 7.14. The highest BCUT2D eigenvalue weighted by Gasteiger charge is 2.09. The second kappa shape index (κ2) is 7.33. The zero-order chi connectivity index (χ0) is 15.2. The summed E-state index contributed by atoms with van der Waals surface area (Å²) in [5.74, 6) is 0.0202. The number of carbonyl (C=O) groups excluding carboxylic acids is 1. The molecule has 0 aliphatic carbocycles. The third kappa shape index (κ3) is 4.37. The highest BCUT2D eigenvalue weighted by Crippen LogP contribution is 2.28. The predicted molar refractivity (Wildman–Crippen MR) is 88.8 cm³/mol. The quantitative estimate of drug-likeness (QED) is 0.805. The topological polar surface area (TPSA) is 54.0 Å². The van der Waals surface area contributed by atoms with E-state index < -0.39 is 0 Å². The van der Waals surface area contributed by atoms with Crippen LogP contribution < -0.4 is 10.6 Å². The van der Waals surface area contributed by atoms with E-state index in [2.05, 4.69) is 47.7 Å². The molecule has 4 nitrogen and oxygen atoms in total. The van der Waals surface area contributed by atoms with Gasteiger partial charge in [0.05, 0.1) is 5.69 Å². The molecular formula is C16H21N3OS. The van der Waals surface area contributed by atoms with Crippen molar-refractivity contribution in [2.24, 2.45) is 0 Å². The summed E-state index contributed by atoms with van der Waals surface area (Å²) < 4.78 is 0. The lowest BCUT2D eigenvalue weighted by Crippen LogP contribution is -2.15. The zero-order valence-corrected chi connectivity index (χ0v) is 13.5. The van der Waals surface area contributed by atoms with Crippen molar-refractivity contribution in [2.45, 2.75) is 26.7 Å². The lowest BCUT2D eigenvalue weighted by atomic mass is 10.0. The first-order valence-corrected chi connectivity index (χ1v) is 7.95. The fourth-order valence-electron chi connectivity index (χ4n) is 2.16. The zero-order valence-electron chi connectivity index (χ0n) is 12.7. The molecular weight excluding hydrogens is 282 g/mol. The van der Waals surface area contributed by atoms with Gasteiger partial charge in [0.1, 0.15) is 0 Å². The van der Waals surface area contributed by atoms with Crippen molar-refractivity contribution in [1.29, 1.82) is 0 Å². The van der Waals surface area contributed by atoms with E-state index in [1.807, 2.05) is 12.4 Å². The summed E-state index contributed by atoms with van der Waals surface area (Å²) in [5, 5.41) is 8.55. The van der Waals surface area contributed by atoms with Crippen molar-refractivity contribution in [2.75, 3.05) is 18.9 Å². The second-order valence-electron chi connectivity index (χ2n) is 5.11. The highest BCUT2D eigenvalue weighted by atomic mass is 32.1. The normalized spacial score (nSPS) is 10.6. The van der Waals surface area contributed by atoms with Crippen molar-refractivity contribution in [3.63, 3.8) is 0 Å². The number of hydrogen-bond donors (Lipinski definition) is 2. The first-order valence-electron chi connectivity index (χ1n) is 7.07. The molecule has 2 aromatic rings. The summed E-state index contributed by atoms with van der Waals surface area (Å²) in [6, 6.07) is 6.31. The van der Waals surface area contributed by atoms with Crippen molar-refractivity contribution in [3.05, 3.63) is 34.7 Å². The minimum atomic E-state index is 0.0202. The van der Waals surface area contributed by atoms with Crippen LogP contribution in [0.3, 0.4) is 0 Å².